The second-order valence-corrected chi connectivity index (χ2v) is 7.18. The van der Waals surface area contributed by atoms with Crippen LogP contribution in [0, 0.1) is 11.8 Å². The predicted octanol–water partition coefficient (Wildman–Crippen LogP) is 3.97. The fourth-order valence-electron chi connectivity index (χ4n) is 3.10. The second kappa shape index (κ2) is 7.10. The van der Waals surface area contributed by atoms with Crippen molar-refractivity contribution in [1.82, 2.24) is 4.90 Å². The van der Waals surface area contributed by atoms with E-state index in [-0.39, 0.29) is 23.7 Å². The smallest absolute Gasteiger partial charge is 0.227 e. The molecular weight excluding hydrogens is 335 g/mol. The second-order valence-electron chi connectivity index (χ2n) is 6.34. The Hall–Kier alpha value is -1.26. The number of likely N-dealkylation sites (tertiary alicyclic amines) is 1. The number of anilines is 1. The largest absolute Gasteiger partial charge is 0.342 e. The van der Waals surface area contributed by atoms with Crippen molar-refractivity contribution in [3.05, 3.63) is 28.2 Å². The third-order valence-corrected chi connectivity index (χ3v) is 5.37. The van der Waals surface area contributed by atoms with Crippen LogP contribution in [0.4, 0.5) is 5.69 Å². The lowest BCUT2D eigenvalue weighted by Gasteiger charge is -2.36. The topological polar surface area (TPSA) is 49.4 Å². The van der Waals surface area contributed by atoms with E-state index < -0.39 is 0 Å². The fraction of sp³-hybridized carbons (Fsp3) is 0.529. The van der Waals surface area contributed by atoms with Crippen molar-refractivity contribution < 1.29 is 9.59 Å². The molecule has 0 unspecified atom stereocenters. The Morgan fingerprint density at radius 3 is 2.30 bits per heavy atom. The number of benzene rings is 1. The van der Waals surface area contributed by atoms with Gasteiger partial charge in [0, 0.05) is 29.9 Å². The van der Waals surface area contributed by atoms with Crippen LogP contribution in [0.1, 0.15) is 32.1 Å². The molecule has 2 amide bonds. The Bertz CT molecular complexity index is 609. The van der Waals surface area contributed by atoms with E-state index in [1.54, 1.807) is 18.2 Å². The minimum absolute atomic E-state index is 0.0371. The van der Waals surface area contributed by atoms with Crippen LogP contribution in [-0.2, 0) is 9.59 Å². The summed E-state index contributed by atoms with van der Waals surface area (Å²) in [4.78, 5) is 26.5. The molecule has 6 heteroatoms. The third kappa shape index (κ3) is 3.81. The molecule has 0 atom stereocenters. The molecule has 0 radical (unpaired) electrons. The monoisotopic (exact) mass is 354 g/mol. The molecular formula is C17H20Cl2N2O2. The van der Waals surface area contributed by atoms with Crippen LogP contribution in [0.15, 0.2) is 18.2 Å². The molecule has 2 fully saturated rings. The zero-order valence-corrected chi connectivity index (χ0v) is 14.4. The number of rotatable bonds is 3. The highest BCUT2D eigenvalue weighted by atomic mass is 35.5. The maximum absolute atomic E-state index is 12.4. The summed E-state index contributed by atoms with van der Waals surface area (Å²) in [5.74, 6) is 0.390. The Balaban J connectivity index is 1.52. The maximum Gasteiger partial charge on any atom is 0.227 e. The molecule has 0 aromatic heterocycles. The van der Waals surface area contributed by atoms with E-state index in [1.807, 2.05) is 4.90 Å². The molecule has 1 saturated carbocycles. The van der Waals surface area contributed by atoms with Gasteiger partial charge in [0.05, 0.1) is 10.7 Å². The molecule has 1 aliphatic carbocycles. The van der Waals surface area contributed by atoms with Gasteiger partial charge in [-0.3, -0.25) is 9.59 Å². The summed E-state index contributed by atoms with van der Waals surface area (Å²) < 4.78 is 0. The zero-order chi connectivity index (χ0) is 16.4. The van der Waals surface area contributed by atoms with E-state index in [9.17, 15) is 9.59 Å². The minimum Gasteiger partial charge on any atom is -0.342 e. The Labute approximate surface area is 146 Å². The number of carbonyl (C=O) groups excluding carboxylic acids is 2. The van der Waals surface area contributed by atoms with Crippen molar-refractivity contribution in [2.45, 2.75) is 32.1 Å². The van der Waals surface area contributed by atoms with E-state index in [2.05, 4.69) is 5.32 Å². The lowest BCUT2D eigenvalue weighted by atomic mass is 9.83. The molecule has 1 aromatic carbocycles. The normalized spacial score (nSPS) is 19.3. The molecule has 1 aliphatic heterocycles. The van der Waals surface area contributed by atoms with Gasteiger partial charge in [-0.2, -0.15) is 0 Å². The summed E-state index contributed by atoms with van der Waals surface area (Å²) in [6, 6.07) is 5.01. The van der Waals surface area contributed by atoms with E-state index in [4.69, 9.17) is 23.2 Å². The van der Waals surface area contributed by atoms with Gasteiger partial charge in [-0.15, -0.1) is 0 Å². The van der Waals surface area contributed by atoms with Gasteiger partial charge in [0.2, 0.25) is 11.8 Å². The summed E-state index contributed by atoms with van der Waals surface area (Å²) in [6.45, 7) is 1.34. The zero-order valence-electron chi connectivity index (χ0n) is 12.9. The number of amides is 2. The first-order valence-electron chi connectivity index (χ1n) is 8.09. The average molecular weight is 355 g/mol. The molecule has 3 rings (SSSR count). The van der Waals surface area contributed by atoms with Crippen molar-refractivity contribution >= 4 is 40.7 Å². The van der Waals surface area contributed by atoms with Gasteiger partial charge in [-0.25, -0.2) is 0 Å². The molecule has 1 saturated heterocycles. The molecule has 0 bridgehead atoms. The van der Waals surface area contributed by atoms with Crippen molar-refractivity contribution in [2.75, 3.05) is 18.4 Å². The molecule has 0 spiro atoms. The van der Waals surface area contributed by atoms with Gasteiger partial charge in [0.15, 0.2) is 0 Å². The Morgan fingerprint density at radius 1 is 1.04 bits per heavy atom. The fourth-order valence-corrected chi connectivity index (χ4v) is 3.56. The molecule has 124 valence electrons. The Morgan fingerprint density at radius 2 is 1.74 bits per heavy atom. The van der Waals surface area contributed by atoms with E-state index in [0.29, 0.717) is 41.7 Å². The molecule has 1 heterocycles. The van der Waals surface area contributed by atoms with Crippen LogP contribution >= 0.6 is 23.2 Å². The quantitative estimate of drug-likeness (QED) is 0.892. The van der Waals surface area contributed by atoms with Gasteiger partial charge in [-0.1, -0.05) is 29.6 Å². The summed E-state index contributed by atoms with van der Waals surface area (Å²) >= 11 is 11.9. The maximum atomic E-state index is 12.4. The first-order valence-corrected chi connectivity index (χ1v) is 8.85. The van der Waals surface area contributed by atoms with Crippen LogP contribution in [0.5, 0.6) is 0 Å². The predicted molar refractivity (Wildman–Crippen MR) is 91.7 cm³/mol. The van der Waals surface area contributed by atoms with Crippen LogP contribution in [0.2, 0.25) is 10.0 Å². The summed E-state index contributed by atoms with van der Waals surface area (Å²) in [6.07, 6.45) is 4.62. The van der Waals surface area contributed by atoms with Crippen molar-refractivity contribution in [3.8, 4) is 0 Å². The van der Waals surface area contributed by atoms with Crippen LogP contribution in [-0.4, -0.2) is 29.8 Å². The van der Waals surface area contributed by atoms with Crippen molar-refractivity contribution in [1.29, 1.82) is 0 Å². The first-order chi connectivity index (χ1) is 11.0. The van der Waals surface area contributed by atoms with Gasteiger partial charge in [0.1, 0.15) is 0 Å². The third-order valence-electron chi connectivity index (χ3n) is 4.82. The summed E-state index contributed by atoms with van der Waals surface area (Å²) in [5, 5.41) is 3.83. The Kier molecular flexibility index (Phi) is 5.12. The standard InChI is InChI=1S/C17H20Cl2N2O2/c18-13-4-5-15(14(19)10-13)20-16(22)11-6-8-21(9-7-11)17(23)12-2-1-3-12/h4-5,10-12H,1-3,6-9H2,(H,20,22). The lowest BCUT2D eigenvalue weighted by molar-refractivity contribution is -0.140. The van der Waals surface area contributed by atoms with Gasteiger partial charge >= 0.3 is 0 Å². The number of nitrogens with one attached hydrogen (secondary N) is 1. The van der Waals surface area contributed by atoms with Crippen LogP contribution < -0.4 is 5.32 Å². The van der Waals surface area contributed by atoms with Gasteiger partial charge in [0.25, 0.3) is 0 Å². The van der Waals surface area contributed by atoms with Gasteiger partial charge < -0.3 is 10.2 Å². The lowest BCUT2D eigenvalue weighted by Crippen LogP contribution is -2.45. The van der Waals surface area contributed by atoms with Gasteiger partial charge in [-0.05, 0) is 43.9 Å². The average Bonchev–Trinajstić information content (AvgIpc) is 2.48. The molecule has 4 nitrogen and oxygen atoms in total. The minimum atomic E-state index is -0.0767. The molecule has 23 heavy (non-hydrogen) atoms. The van der Waals surface area contributed by atoms with Crippen LogP contribution in [0.3, 0.4) is 0 Å². The van der Waals surface area contributed by atoms with Crippen molar-refractivity contribution in [3.63, 3.8) is 0 Å². The molecule has 1 N–H and O–H groups in total. The SMILES string of the molecule is O=C(Nc1ccc(Cl)cc1Cl)C1CCN(C(=O)C2CCC2)CC1. The number of hydrogen-bond donors (Lipinski definition) is 1. The number of carbonyl (C=O) groups is 2. The highest BCUT2D eigenvalue weighted by Crippen LogP contribution is 2.31. The molecule has 1 aromatic rings. The highest BCUT2D eigenvalue weighted by molar-refractivity contribution is 6.36. The summed E-state index contributed by atoms with van der Waals surface area (Å²) in [5.41, 5.74) is 0.578. The van der Waals surface area contributed by atoms with Crippen LogP contribution in [0.25, 0.3) is 0 Å². The number of piperidine rings is 1. The summed E-state index contributed by atoms with van der Waals surface area (Å²) in [7, 11) is 0. The van der Waals surface area contributed by atoms with E-state index in [1.165, 1.54) is 0 Å². The first kappa shape index (κ1) is 16.6. The van der Waals surface area contributed by atoms with Crippen molar-refractivity contribution in [2.24, 2.45) is 11.8 Å². The molecule has 2 aliphatic rings. The number of halogens is 2. The number of hydrogen-bond acceptors (Lipinski definition) is 2. The van der Waals surface area contributed by atoms with E-state index in [0.717, 1.165) is 19.3 Å². The highest BCUT2D eigenvalue weighted by Gasteiger charge is 2.33. The number of nitrogens with zero attached hydrogens (tertiary/aromatic N) is 1. The van der Waals surface area contributed by atoms with E-state index >= 15 is 0 Å².